The minimum absolute atomic E-state index is 0.0603. The number of aromatic carboxylic acids is 1. The number of nitrogens with zero attached hydrogens (tertiary/aromatic N) is 2. The first kappa shape index (κ1) is 22.4. The average Bonchev–Trinajstić information content (AvgIpc) is 3.35. The third-order valence-corrected chi connectivity index (χ3v) is 8.13. The van der Waals surface area contributed by atoms with Crippen LogP contribution in [0, 0.1) is 0 Å². The second-order valence-electron chi connectivity index (χ2n) is 8.76. The first-order chi connectivity index (χ1) is 16.4. The number of ether oxygens (including phenoxy) is 1. The second kappa shape index (κ2) is 8.77. The molecule has 0 aliphatic carbocycles. The van der Waals surface area contributed by atoms with E-state index in [0.717, 1.165) is 16.0 Å². The lowest BCUT2D eigenvalue weighted by atomic mass is 9.94. The zero-order valence-corrected chi connectivity index (χ0v) is 20.0. The highest BCUT2D eigenvalue weighted by molar-refractivity contribution is 7.16. The maximum absolute atomic E-state index is 13.4. The number of thiophene rings is 1. The lowest BCUT2D eigenvalue weighted by Crippen LogP contribution is -2.43. The fraction of sp³-hybridized carbons (Fsp3) is 0.308. The summed E-state index contributed by atoms with van der Waals surface area (Å²) in [6.45, 7) is 3.78. The summed E-state index contributed by atoms with van der Waals surface area (Å²) in [6.07, 6.45) is 0.611. The number of carboxylic acids is 1. The first-order valence-electron chi connectivity index (χ1n) is 11.3. The number of benzene rings is 2. The molecule has 1 amide bonds. The van der Waals surface area contributed by atoms with Crippen molar-refractivity contribution in [2.24, 2.45) is 0 Å². The van der Waals surface area contributed by atoms with Crippen molar-refractivity contribution in [3.63, 3.8) is 0 Å². The molecule has 2 unspecified atom stereocenters. The number of carbonyl (C=O) groups excluding carboxylic acids is 1. The van der Waals surface area contributed by atoms with Gasteiger partial charge in [0, 0.05) is 30.6 Å². The molecule has 0 saturated heterocycles. The van der Waals surface area contributed by atoms with Gasteiger partial charge < -0.3 is 20.5 Å². The van der Waals surface area contributed by atoms with Crippen molar-refractivity contribution in [2.75, 3.05) is 25.9 Å². The van der Waals surface area contributed by atoms with Crippen molar-refractivity contribution in [2.45, 2.75) is 32.0 Å². The van der Waals surface area contributed by atoms with E-state index < -0.39 is 5.97 Å². The van der Waals surface area contributed by atoms with Crippen molar-refractivity contribution >= 4 is 28.2 Å². The summed E-state index contributed by atoms with van der Waals surface area (Å²) in [5.74, 6) is -0.472. The van der Waals surface area contributed by atoms with Crippen molar-refractivity contribution in [1.29, 1.82) is 0 Å². The van der Waals surface area contributed by atoms with E-state index >= 15 is 0 Å². The van der Waals surface area contributed by atoms with Gasteiger partial charge in [0.25, 0.3) is 5.91 Å². The number of rotatable bonds is 6. The Morgan fingerprint density at radius 2 is 2.00 bits per heavy atom. The smallest absolute Gasteiger partial charge is 0.338 e. The molecule has 8 heteroatoms. The molecule has 34 heavy (non-hydrogen) atoms. The van der Waals surface area contributed by atoms with Crippen LogP contribution in [-0.2, 0) is 13.0 Å². The highest BCUT2D eigenvalue weighted by Gasteiger charge is 2.40. The SMILES string of the molecule is COc1cccc2c1C(=O)N(CC1c3sc(N)c(C(=O)O)c3CCN1C(C)c1ccccc1)C2. The number of methoxy groups -OCH3 is 1. The van der Waals surface area contributed by atoms with E-state index in [2.05, 4.69) is 24.0 Å². The molecule has 1 aromatic heterocycles. The normalized spacial score (nSPS) is 18.5. The summed E-state index contributed by atoms with van der Waals surface area (Å²) in [5, 5.41) is 10.1. The minimum Gasteiger partial charge on any atom is -0.496 e. The van der Waals surface area contributed by atoms with E-state index in [9.17, 15) is 14.7 Å². The Labute approximate surface area is 202 Å². The third kappa shape index (κ3) is 3.63. The molecule has 3 aromatic rings. The van der Waals surface area contributed by atoms with Crippen LogP contribution in [-0.4, -0.2) is 47.0 Å². The van der Waals surface area contributed by atoms with Crippen LogP contribution in [0.4, 0.5) is 5.00 Å². The lowest BCUT2D eigenvalue weighted by Gasteiger charge is -2.41. The zero-order valence-electron chi connectivity index (χ0n) is 19.2. The standard InChI is InChI=1S/C26H27N3O4S/c1-15(16-7-4-3-5-8-16)29-12-11-18-22(26(31)32)24(27)34-23(18)19(29)14-28-13-17-9-6-10-20(33-2)21(17)25(28)30/h3-10,15,19H,11-14,27H2,1-2H3,(H,31,32). The van der Waals surface area contributed by atoms with E-state index in [-0.39, 0.29) is 23.6 Å². The number of anilines is 1. The molecule has 3 N–H and O–H groups in total. The largest absolute Gasteiger partial charge is 0.496 e. The third-order valence-electron chi connectivity index (χ3n) is 6.97. The number of nitrogens with two attached hydrogens (primary N) is 1. The topological polar surface area (TPSA) is 96.1 Å². The van der Waals surface area contributed by atoms with Gasteiger partial charge in [-0.1, -0.05) is 42.5 Å². The fourth-order valence-electron chi connectivity index (χ4n) is 5.29. The molecule has 0 fully saturated rings. The minimum atomic E-state index is -0.993. The zero-order chi connectivity index (χ0) is 24.0. The van der Waals surface area contributed by atoms with Crippen LogP contribution in [0.15, 0.2) is 48.5 Å². The number of carbonyl (C=O) groups is 2. The number of amides is 1. The summed E-state index contributed by atoms with van der Waals surface area (Å²) in [7, 11) is 1.57. The molecule has 0 saturated carbocycles. The highest BCUT2D eigenvalue weighted by Crippen LogP contribution is 2.45. The average molecular weight is 478 g/mol. The summed E-state index contributed by atoms with van der Waals surface area (Å²) >= 11 is 1.34. The van der Waals surface area contributed by atoms with Crippen LogP contribution in [0.1, 0.15) is 61.3 Å². The van der Waals surface area contributed by atoms with Gasteiger partial charge in [0.2, 0.25) is 0 Å². The molecular formula is C26H27N3O4S. The molecule has 2 aliphatic heterocycles. The Kier molecular flexibility index (Phi) is 5.79. The predicted octanol–water partition coefficient (Wildman–Crippen LogP) is 4.35. The molecule has 3 heterocycles. The van der Waals surface area contributed by atoms with Gasteiger partial charge in [0.1, 0.15) is 10.8 Å². The van der Waals surface area contributed by atoms with Gasteiger partial charge in [-0.2, -0.15) is 0 Å². The van der Waals surface area contributed by atoms with E-state index in [1.54, 1.807) is 7.11 Å². The Morgan fingerprint density at radius 3 is 2.71 bits per heavy atom. The summed E-state index contributed by atoms with van der Waals surface area (Å²) in [4.78, 5) is 30.5. The van der Waals surface area contributed by atoms with Gasteiger partial charge in [-0.05, 0) is 36.1 Å². The fourth-order valence-corrected chi connectivity index (χ4v) is 6.51. The Hall–Kier alpha value is -3.36. The quantitative estimate of drug-likeness (QED) is 0.548. The second-order valence-corrected chi connectivity index (χ2v) is 9.84. The molecule has 7 nitrogen and oxygen atoms in total. The summed E-state index contributed by atoms with van der Waals surface area (Å²) in [5.41, 5.74) is 9.94. The number of hydrogen-bond donors (Lipinski definition) is 2. The Balaban J connectivity index is 1.53. The molecule has 2 atom stereocenters. The van der Waals surface area contributed by atoms with E-state index in [1.165, 1.54) is 16.9 Å². The van der Waals surface area contributed by atoms with Gasteiger partial charge >= 0.3 is 5.97 Å². The van der Waals surface area contributed by atoms with Crippen LogP contribution >= 0.6 is 11.3 Å². The van der Waals surface area contributed by atoms with Crippen molar-refractivity contribution < 1.29 is 19.4 Å². The van der Waals surface area contributed by atoms with Gasteiger partial charge in [0.15, 0.2) is 0 Å². The van der Waals surface area contributed by atoms with Gasteiger partial charge in [-0.3, -0.25) is 9.69 Å². The summed E-state index contributed by atoms with van der Waals surface area (Å²) in [6, 6.07) is 15.8. The molecule has 2 aromatic carbocycles. The maximum Gasteiger partial charge on any atom is 0.338 e. The Bertz CT molecular complexity index is 1260. The number of nitrogen functional groups attached to an aromatic ring is 1. The number of fused-ring (bicyclic) bond motifs is 2. The van der Waals surface area contributed by atoms with Crippen molar-refractivity contribution in [3.8, 4) is 5.75 Å². The molecule has 0 spiro atoms. The molecule has 0 radical (unpaired) electrons. The maximum atomic E-state index is 13.4. The monoisotopic (exact) mass is 477 g/mol. The first-order valence-corrected chi connectivity index (χ1v) is 12.1. The van der Waals surface area contributed by atoms with Crippen LogP contribution < -0.4 is 10.5 Å². The molecular weight excluding hydrogens is 450 g/mol. The molecule has 176 valence electrons. The Morgan fingerprint density at radius 1 is 1.24 bits per heavy atom. The van der Waals surface area contributed by atoms with E-state index in [0.29, 0.717) is 42.4 Å². The van der Waals surface area contributed by atoms with Crippen molar-refractivity contribution in [3.05, 3.63) is 81.2 Å². The van der Waals surface area contributed by atoms with Crippen LogP contribution in [0.3, 0.4) is 0 Å². The summed E-state index contributed by atoms with van der Waals surface area (Å²) < 4.78 is 5.45. The van der Waals surface area contributed by atoms with Gasteiger partial charge in [-0.25, -0.2) is 4.79 Å². The van der Waals surface area contributed by atoms with Gasteiger partial charge in [0.05, 0.1) is 24.3 Å². The van der Waals surface area contributed by atoms with Gasteiger partial charge in [-0.15, -0.1) is 11.3 Å². The number of carboxylic acid groups (broad SMARTS) is 1. The molecule has 2 aliphatic rings. The van der Waals surface area contributed by atoms with Crippen LogP contribution in [0.5, 0.6) is 5.75 Å². The van der Waals surface area contributed by atoms with E-state index in [4.69, 9.17) is 10.5 Å². The van der Waals surface area contributed by atoms with Crippen molar-refractivity contribution in [1.82, 2.24) is 9.80 Å². The predicted molar refractivity (Wildman–Crippen MR) is 131 cm³/mol. The highest BCUT2D eigenvalue weighted by atomic mass is 32.1. The lowest BCUT2D eigenvalue weighted by molar-refractivity contribution is 0.0621. The number of hydrogen-bond acceptors (Lipinski definition) is 6. The van der Waals surface area contributed by atoms with Crippen LogP contribution in [0.25, 0.3) is 0 Å². The molecule has 5 rings (SSSR count). The van der Waals surface area contributed by atoms with Crippen LogP contribution in [0.2, 0.25) is 0 Å². The molecule has 0 bridgehead atoms. The van der Waals surface area contributed by atoms with E-state index in [1.807, 2.05) is 41.3 Å².